The molecule has 1 atom stereocenters. The molecule has 140 valence electrons. The molecule has 2 N–H and O–H groups in total. The molecule has 0 amide bonds. The Bertz CT molecular complexity index is 730. The molecule has 0 aliphatic carbocycles. The zero-order valence-electron chi connectivity index (χ0n) is 14.6. The summed E-state index contributed by atoms with van der Waals surface area (Å²) in [6, 6.07) is 4.33. The predicted octanol–water partition coefficient (Wildman–Crippen LogP) is 1.82. The molecule has 24 heavy (non-hydrogen) atoms. The van der Waals surface area contributed by atoms with Gasteiger partial charge in [0.2, 0.25) is 20.0 Å². The van der Waals surface area contributed by atoms with E-state index in [1.807, 2.05) is 19.9 Å². The summed E-state index contributed by atoms with van der Waals surface area (Å²) in [5, 5.41) is 0. The number of nitrogen functional groups attached to an aromatic ring is 1. The largest absolute Gasteiger partial charge is 0.398 e. The van der Waals surface area contributed by atoms with Crippen LogP contribution in [0.4, 0.5) is 11.4 Å². The van der Waals surface area contributed by atoms with E-state index in [2.05, 4.69) is 4.90 Å². The van der Waals surface area contributed by atoms with Gasteiger partial charge in [-0.1, -0.05) is 3.71 Å². The number of anilines is 2. The second kappa shape index (κ2) is 8.37. The Morgan fingerprint density at radius 2 is 1.50 bits per heavy atom. The maximum absolute atomic E-state index is 11.9. The molecule has 0 saturated heterocycles. The lowest BCUT2D eigenvalue weighted by molar-refractivity contribution is 0.456. The Morgan fingerprint density at radius 1 is 1.04 bits per heavy atom. The van der Waals surface area contributed by atoms with E-state index in [0.717, 1.165) is 31.3 Å². The Labute approximate surface area is 151 Å². The van der Waals surface area contributed by atoms with Gasteiger partial charge in [-0.15, -0.1) is 12.4 Å². The minimum Gasteiger partial charge on any atom is -0.398 e. The smallest absolute Gasteiger partial charge is 0.224 e. The molecule has 10 heteroatoms. The van der Waals surface area contributed by atoms with E-state index in [1.54, 1.807) is 12.1 Å². The molecule has 1 unspecified atom stereocenters. The first kappa shape index (κ1) is 23.0. The number of hydrogen-bond donors (Lipinski definition) is 1. The zero-order chi connectivity index (χ0) is 18.0. The van der Waals surface area contributed by atoms with E-state index >= 15 is 0 Å². The lowest BCUT2D eigenvalue weighted by Crippen LogP contribution is -2.37. The van der Waals surface area contributed by atoms with Gasteiger partial charge in [0.15, 0.2) is 0 Å². The highest BCUT2D eigenvalue weighted by molar-refractivity contribution is 8.03. The van der Waals surface area contributed by atoms with E-state index in [1.165, 1.54) is 6.92 Å². The molecule has 0 heterocycles. The Balaban J connectivity index is 0.00000529. The van der Waals surface area contributed by atoms with Crippen molar-refractivity contribution >= 4 is 43.8 Å². The third-order valence-corrected chi connectivity index (χ3v) is 7.18. The van der Waals surface area contributed by atoms with Crippen LogP contribution in [-0.4, -0.2) is 46.1 Å². The van der Waals surface area contributed by atoms with Crippen LogP contribution < -0.4 is 10.6 Å². The van der Waals surface area contributed by atoms with Crippen LogP contribution in [0.5, 0.6) is 0 Å². The first-order valence-corrected chi connectivity index (χ1v) is 11.0. The molecule has 1 aromatic carbocycles. The molecule has 0 saturated carbocycles. The van der Waals surface area contributed by atoms with E-state index < -0.39 is 26.1 Å². The van der Waals surface area contributed by atoms with Crippen molar-refractivity contribution in [3.05, 3.63) is 23.8 Å². The summed E-state index contributed by atoms with van der Waals surface area (Å²) in [6.45, 7) is 7.07. The molecule has 1 rings (SSSR count). The van der Waals surface area contributed by atoms with Crippen molar-refractivity contribution in [1.29, 1.82) is 0 Å². The molecule has 0 spiro atoms. The molecular formula is C14H26ClN3O4S2. The second-order valence-electron chi connectivity index (χ2n) is 5.41. The molecule has 1 aromatic rings. The van der Waals surface area contributed by atoms with Gasteiger partial charge < -0.3 is 10.6 Å². The van der Waals surface area contributed by atoms with E-state index in [-0.39, 0.29) is 12.4 Å². The fourth-order valence-electron chi connectivity index (χ4n) is 2.64. The molecule has 0 aromatic heterocycles. The van der Waals surface area contributed by atoms with Crippen molar-refractivity contribution in [2.75, 3.05) is 36.2 Å². The van der Waals surface area contributed by atoms with Crippen molar-refractivity contribution in [3.63, 3.8) is 0 Å². The van der Waals surface area contributed by atoms with Crippen LogP contribution in [0.2, 0.25) is 0 Å². The lowest BCUT2D eigenvalue weighted by Gasteiger charge is -2.28. The van der Waals surface area contributed by atoms with E-state index in [9.17, 15) is 16.8 Å². The maximum Gasteiger partial charge on any atom is 0.224 e. The fourth-order valence-corrected chi connectivity index (χ4v) is 5.99. The fraction of sp³-hybridized carbons (Fsp3) is 0.571. The molecule has 0 aliphatic rings. The standard InChI is InChI=1S/C14H25N3O4S2.ClH/c1-6-16(7-2)12-8-9-14(15)13(10-12)11(3)17(22(4,18)19)23(5,20)21;/h8-11H,6-7,15H2,1-5H3;1H. The van der Waals surface area contributed by atoms with Gasteiger partial charge in [-0.25, -0.2) is 16.8 Å². The number of nitrogens with two attached hydrogens (primary N) is 1. The minimum atomic E-state index is -3.95. The quantitative estimate of drug-likeness (QED) is 0.702. The van der Waals surface area contributed by atoms with Gasteiger partial charge >= 0.3 is 0 Å². The zero-order valence-corrected chi connectivity index (χ0v) is 17.0. The topological polar surface area (TPSA) is 101 Å². The van der Waals surface area contributed by atoms with Gasteiger partial charge in [-0.2, -0.15) is 0 Å². The third kappa shape index (κ3) is 5.23. The molecule has 7 nitrogen and oxygen atoms in total. The average molecular weight is 400 g/mol. The van der Waals surface area contributed by atoms with E-state index in [4.69, 9.17) is 5.73 Å². The summed E-state index contributed by atoms with van der Waals surface area (Å²) in [5.74, 6) is 0. The number of nitrogens with zero attached hydrogens (tertiary/aromatic N) is 2. The highest BCUT2D eigenvalue weighted by Crippen LogP contribution is 2.32. The van der Waals surface area contributed by atoms with Gasteiger partial charge in [-0.3, -0.25) is 0 Å². The number of benzene rings is 1. The number of sulfonamides is 2. The normalized spacial score (nSPS) is 13.4. The number of halogens is 1. The first-order chi connectivity index (χ1) is 10.4. The summed E-state index contributed by atoms with van der Waals surface area (Å²) in [5.41, 5.74) is 7.65. The lowest BCUT2D eigenvalue weighted by atomic mass is 10.1. The Hall–Kier alpha value is -1.03. The Kier molecular flexibility index (Phi) is 8.01. The van der Waals surface area contributed by atoms with Crippen LogP contribution in [0, 0.1) is 0 Å². The molecule has 0 aliphatic heterocycles. The second-order valence-corrected chi connectivity index (χ2v) is 9.36. The van der Waals surface area contributed by atoms with Crippen LogP contribution in [0.1, 0.15) is 32.4 Å². The molecular weight excluding hydrogens is 374 g/mol. The van der Waals surface area contributed by atoms with Crippen molar-refractivity contribution in [2.24, 2.45) is 0 Å². The maximum atomic E-state index is 11.9. The van der Waals surface area contributed by atoms with Gasteiger partial charge in [0.25, 0.3) is 0 Å². The van der Waals surface area contributed by atoms with Crippen LogP contribution >= 0.6 is 12.4 Å². The summed E-state index contributed by atoms with van der Waals surface area (Å²) >= 11 is 0. The van der Waals surface area contributed by atoms with Gasteiger partial charge in [-0.05, 0) is 44.5 Å². The SMILES string of the molecule is CCN(CC)c1ccc(N)c(C(C)N(S(C)(=O)=O)S(C)(=O)=O)c1.Cl. The first-order valence-electron chi connectivity index (χ1n) is 7.27. The van der Waals surface area contributed by atoms with Crippen LogP contribution in [0.25, 0.3) is 0 Å². The molecule has 0 radical (unpaired) electrons. The summed E-state index contributed by atoms with van der Waals surface area (Å²) in [6.07, 6.45) is 1.74. The van der Waals surface area contributed by atoms with Gasteiger partial charge in [0.05, 0.1) is 18.6 Å². The monoisotopic (exact) mass is 399 g/mol. The van der Waals surface area contributed by atoms with Crippen LogP contribution in [0.3, 0.4) is 0 Å². The van der Waals surface area contributed by atoms with Crippen LogP contribution in [-0.2, 0) is 20.0 Å². The van der Waals surface area contributed by atoms with Crippen molar-refractivity contribution < 1.29 is 16.8 Å². The Morgan fingerprint density at radius 3 is 1.88 bits per heavy atom. The summed E-state index contributed by atoms with van der Waals surface area (Å²) < 4.78 is 48.2. The number of hydrogen-bond acceptors (Lipinski definition) is 6. The van der Waals surface area contributed by atoms with Crippen LogP contribution in [0.15, 0.2) is 18.2 Å². The van der Waals surface area contributed by atoms with Crippen molar-refractivity contribution in [3.8, 4) is 0 Å². The van der Waals surface area contributed by atoms with E-state index in [0.29, 0.717) is 15.0 Å². The average Bonchev–Trinajstić information content (AvgIpc) is 2.38. The minimum absolute atomic E-state index is 0. The van der Waals surface area contributed by atoms with Gasteiger partial charge in [0, 0.05) is 24.5 Å². The number of rotatable bonds is 7. The molecule has 0 fully saturated rings. The summed E-state index contributed by atoms with van der Waals surface area (Å²) in [4.78, 5) is 2.07. The highest BCUT2D eigenvalue weighted by Gasteiger charge is 2.34. The van der Waals surface area contributed by atoms with Crippen molar-refractivity contribution in [1.82, 2.24) is 3.71 Å². The predicted molar refractivity (Wildman–Crippen MR) is 102 cm³/mol. The summed E-state index contributed by atoms with van der Waals surface area (Å²) in [7, 11) is -7.91. The van der Waals surface area contributed by atoms with Gasteiger partial charge in [0.1, 0.15) is 0 Å². The molecule has 0 bridgehead atoms. The van der Waals surface area contributed by atoms with Crippen molar-refractivity contribution in [2.45, 2.75) is 26.8 Å². The highest BCUT2D eigenvalue weighted by atomic mass is 35.5. The third-order valence-electron chi connectivity index (χ3n) is 3.62.